The maximum Gasteiger partial charge on any atom is 0.348 e. The standard InChI is InChI=1S/C15H23NO3S/c1-2-3-4-5-6-7-8-9-13(17)16-12-10-11-20-14(12)15(18)19/h10-11H,2-9H2,1H3,(H,16,17)(H,18,19). The first-order valence-electron chi connectivity index (χ1n) is 7.25. The molecule has 1 aromatic heterocycles. The number of unbranched alkanes of at least 4 members (excludes halogenated alkanes) is 6. The lowest BCUT2D eigenvalue weighted by atomic mass is 10.1. The van der Waals surface area contributed by atoms with Crippen LogP contribution in [0.5, 0.6) is 0 Å². The summed E-state index contributed by atoms with van der Waals surface area (Å²) in [5, 5.41) is 13.3. The number of aromatic carboxylic acids is 1. The van der Waals surface area contributed by atoms with Gasteiger partial charge in [-0.1, -0.05) is 45.4 Å². The number of hydrogen-bond acceptors (Lipinski definition) is 3. The minimum Gasteiger partial charge on any atom is -0.477 e. The number of carbonyl (C=O) groups is 2. The molecule has 1 amide bonds. The molecule has 0 bridgehead atoms. The summed E-state index contributed by atoms with van der Waals surface area (Å²) < 4.78 is 0. The van der Waals surface area contributed by atoms with E-state index in [4.69, 9.17) is 5.11 Å². The normalized spacial score (nSPS) is 10.4. The predicted molar refractivity (Wildman–Crippen MR) is 82.5 cm³/mol. The van der Waals surface area contributed by atoms with Gasteiger partial charge in [0.15, 0.2) is 0 Å². The van der Waals surface area contributed by atoms with E-state index in [-0.39, 0.29) is 10.8 Å². The Kier molecular flexibility index (Phi) is 7.95. The first kappa shape index (κ1) is 16.7. The molecule has 5 heteroatoms. The predicted octanol–water partition coefficient (Wildman–Crippen LogP) is 4.53. The van der Waals surface area contributed by atoms with Crippen LogP contribution in [0.4, 0.5) is 5.69 Å². The number of carboxylic acid groups (broad SMARTS) is 1. The summed E-state index contributed by atoms with van der Waals surface area (Å²) in [7, 11) is 0. The quantitative estimate of drug-likeness (QED) is 0.624. The van der Waals surface area contributed by atoms with E-state index in [1.54, 1.807) is 11.4 Å². The van der Waals surface area contributed by atoms with E-state index in [0.29, 0.717) is 12.1 Å². The van der Waals surface area contributed by atoms with Crippen molar-refractivity contribution in [2.24, 2.45) is 0 Å². The molecule has 0 saturated heterocycles. The highest BCUT2D eigenvalue weighted by Crippen LogP contribution is 2.22. The zero-order valence-corrected chi connectivity index (χ0v) is 12.8. The number of amides is 1. The van der Waals surface area contributed by atoms with Crippen molar-refractivity contribution in [2.75, 3.05) is 5.32 Å². The lowest BCUT2D eigenvalue weighted by Crippen LogP contribution is -2.12. The molecule has 0 aliphatic rings. The van der Waals surface area contributed by atoms with Gasteiger partial charge in [-0.05, 0) is 17.9 Å². The van der Waals surface area contributed by atoms with Gasteiger partial charge in [-0.15, -0.1) is 11.3 Å². The van der Waals surface area contributed by atoms with Gasteiger partial charge in [0.2, 0.25) is 5.91 Å². The molecule has 1 rings (SSSR count). The van der Waals surface area contributed by atoms with Gasteiger partial charge >= 0.3 is 5.97 Å². The molecule has 0 radical (unpaired) electrons. The third-order valence-corrected chi connectivity index (χ3v) is 4.04. The Morgan fingerprint density at radius 1 is 1.15 bits per heavy atom. The summed E-state index contributed by atoms with van der Waals surface area (Å²) in [6, 6.07) is 1.64. The van der Waals surface area contributed by atoms with Gasteiger partial charge < -0.3 is 10.4 Å². The molecule has 0 unspecified atom stereocenters. The summed E-state index contributed by atoms with van der Waals surface area (Å²) in [4.78, 5) is 22.8. The van der Waals surface area contributed by atoms with E-state index in [0.717, 1.165) is 24.2 Å². The van der Waals surface area contributed by atoms with E-state index in [9.17, 15) is 9.59 Å². The maximum absolute atomic E-state index is 11.7. The number of carbonyl (C=O) groups excluding carboxylic acids is 1. The first-order valence-corrected chi connectivity index (χ1v) is 8.13. The number of thiophene rings is 1. The number of hydrogen-bond donors (Lipinski definition) is 2. The second kappa shape index (κ2) is 9.53. The average Bonchev–Trinajstić information content (AvgIpc) is 2.86. The molecular weight excluding hydrogens is 274 g/mol. The minimum absolute atomic E-state index is 0.0977. The van der Waals surface area contributed by atoms with Crippen molar-refractivity contribution in [1.82, 2.24) is 0 Å². The molecular formula is C15H23NO3S. The van der Waals surface area contributed by atoms with Gasteiger partial charge in [-0.25, -0.2) is 4.79 Å². The smallest absolute Gasteiger partial charge is 0.348 e. The van der Waals surface area contributed by atoms with Crippen LogP contribution in [-0.2, 0) is 4.79 Å². The summed E-state index contributed by atoms with van der Waals surface area (Å²) in [6.45, 7) is 2.19. The van der Waals surface area contributed by atoms with E-state index in [1.165, 1.54) is 32.1 Å². The van der Waals surface area contributed by atoms with Crippen LogP contribution >= 0.6 is 11.3 Å². The Bertz CT molecular complexity index is 429. The summed E-state index contributed by atoms with van der Waals surface area (Å²) in [5.41, 5.74) is 0.412. The molecule has 0 aliphatic carbocycles. The topological polar surface area (TPSA) is 66.4 Å². The highest BCUT2D eigenvalue weighted by atomic mass is 32.1. The van der Waals surface area contributed by atoms with Crippen molar-refractivity contribution in [1.29, 1.82) is 0 Å². The molecule has 0 aromatic carbocycles. The molecule has 0 saturated carbocycles. The molecule has 1 aromatic rings. The van der Waals surface area contributed by atoms with Crippen molar-refractivity contribution < 1.29 is 14.7 Å². The van der Waals surface area contributed by atoms with Gasteiger partial charge in [0.25, 0.3) is 0 Å². The van der Waals surface area contributed by atoms with Crippen molar-refractivity contribution in [2.45, 2.75) is 58.3 Å². The average molecular weight is 297 g/mol. The Morgan fingerprint density at radius 2 is 1.80 bits per heavy atom. The van der Waals surface area contributed by atoms with Gasteiger partial charge in [-0.2, -0.15) is 0 Å². The van der Waals surface area contributed by atoms with E-state index >= 15 is 0 Å². The molecule has 112 valence electrons. The van der Waals surface area contributed by atoms with Crippen LogP contribution in [0.2, 0.25) is 0 Å². The molecule has 4 nitrogen and oxygen atoms in total. The summed E-state index contributed by atoms with van der Waals surface area (Å²) >= 11 is 1.12. The maximum atomic E-state index is 11.7. The molecule has 1 heterocycles. The molecule has 0 spiro atoms. The van der Waals surface area contributed by atoms with Crippen LogP contribution in [0.25, 0.3) is 0 Å². The second-order valence-electron chi connectivity index (χ2n) is 4.89. The highest BCUT2D eigenvalue weighted by Gasteiger charge is 2.13. The van der Waals surface area contributed by atoms with Crippen molar-refractivity contribution in [3.63, 3.8) is 0 Å². The molecule has 2 N–H and O–H groups in total. The number of anilines is 1. The van der Waals surface area contributed by atoms with Crippen molar-refractivity contribution in [3.8, 4) is 0 Å². The van der Waals surface area contributed by atoms with Gasteiger partial charge in [0.05, 0.1) is 5.69 Å². The van der Waals surface area contributed by atoms with Gasteiger partial charge in [0, 0.05) is 6.42 Å². The monoisotopic (exact) mass is 297 g/mol. The van der Waals surface area contributed by atoms with Crippen LogP contribution < -0.4 is 5.32 Å². The SMILES string of the molecule is CCCCCCCCCC(=O)Nc1ccsc1C(=O)O. The van der Waals surface area contributed by atoms with Crippen LogP contribution in [0.1, 0.15) is 68.0 Å². The molecule has 0 atom stereocenters. The zero-order chi connectivity index (χ0) is 14.8. The summed E-state index contributed by atoms with van der Waals surface area (Å²) in [5.74, 6) is -1.09. The van der Waals surface area contributed by atoms with Crippen LogP contribution in [-0.4, -0.2) is 17.0 Å². The fourth-order valence-electron chi connectivity index (χ4n) is 2.03. The second-order valence-corrected chi connectivity index (χ2v) is 5.80. The number of nitrogens with one attached hydrogen (secondary N) is 1. The lowest BCUT2D eigenvalue weighted by molar-refractivity contribution is -0.116. The van der Waals surface area contributed by atoms with Gasteiger partial charge in [0.1, 0.15) is 4.88 Å². The molecule has 0 aliphatic heterocycles. The largest absolute Gasteiger partial charge is 0.477 e. The Morgan fingerprint density at radius 3 is 2.45 bits per heavy atom. The Hall–Kier alpha value is -1.36. The highest BCUT2D eigenvalue weighted by molar-refractivity contribution is 7.12. The van der Waals surface area contributed by atoms with Crippen molar-refractivity contribution >= 4 is 28.9 Å². The Balaban J connectivity index is 2.17. The van der Waals surface area contributed by atoms with E-state index < -0.39 is 5.97 Å². The first-order chi connectivity index (χ1) is 9.65. The number of rotatable bonds is 10. The fourth-order valence-corrected chi connectivity index (χ4v) is 2.72. The Labute approximate surface area is 124 Å². The third-order valence-electron chi connectivity index (χ3n) is 3.14. The van der Waals surface area contributed by atoms with E-state index in [1.807, 2.05) is 0 Å². The van der Waals surface area contributed by atoms with Crippen LogP contribution in [0.3, 0.4) is 0 Å². The van der Waals surface area contributed by atoms with Crippen molar-refractivity contribution in [3.05, 3.63) is 16.3 Å². The third kappa shape index (κ3) is 6.19. The van der Waals surface area contributed by atoms with Gasteiger partial charge in [-0.3, -0.25) is 4.79 Å². The minimum atomic E-state index is -0.994. The van der Waals surface area contributed by atoms with E-state index in [2.05, 4.69) is 12.2 Å². The summed E-state index contributed by atoms with van der Waals surface area (Å²) in [6.07, 6.45) is 8.61. The number of carboxylic acids is 1. The van der Waals surface area contributed by atoms with Crippen LogP contribution in [0, 0.1) is 0 Å². The molecule has 20 heavy (non-hydrogen) atoms. The zero-order valence-electron chi connectivity index (χ0n) is 12.0. The lowest BCUT2D eigenvalue weighted by Gasteiger charge is -2.04. The van der Waals surface area contributed by atoms with Crippen LogP contribution in [0.15, 0.2) is 11.4 Å². The fraction of sp³-hybridized carbons (Fsp3) is 0.600. The molecule has 0 fully saturated rings.